The van der Waals surface area contributed by atoms with Crippen LogP contribution in [0.4, 0.5) is 0 Å². The van der Waals surface area contributed by atoms with E-state index in [1.807, 2.05) is 13.0 Å². The summed E-state index contributed by atoms with van der Waals surface area (Å²) in [6.45, 7) is 6.26. The van der Waals surface area contributed by atoms with Crippen molar-refractivity contribution in [3.63, 3.8) is 0 Å². The van der Waals surface area contributed by atoms with E-state index in [1.165, 1.54) is 5.57 Å². The maximum absolute atomic E-state index is 5.61. The highest BCUT2D eigenvalue weighted by molar-refractivity contribution is 5.19. The molecule has 0 saturated carbocycles. The van der Waals surface area contributed by atoms with E-state index in [4.69, 9.17) is 5.73 Å². The van der Waals surface area contributed by atoms with Crippen molar-refractivity contribution in [2.45, 2.75) is 33.6 Å². The Morgan fingerprint density at radius 3 is 2.10 bits per heavy atom. The second-order valence-corrected chi connectivity index (χ2v) is 2.30. The number of nitrogens with two attached hydrogens (primary N) is 1. The van der Waals surface area contributed by atoms with Gasteiger partial charge in [0.1, 0.15) is 0 Å². The van der Waals surface area contributed by atoms with Gasteiger partial charge in [-0.05, 0) is 25.8 Å². The molecule has 0 amide bonds. The van der Waals surface area contributed by atoms with Crippen molar-refractivity contribution in [2.75, 3.05) is 0 Å². The predicted molar refractivity (Wildman–Crippen MR) is 46.6 cm³/mol. The Labute approximate surface area is 63.6 Å². The van der Waals surface area contributed by atoms with E-state index in [-0.39, 0.29) is 0 Å². The van der Waals surface area contributed by atoms with Gasteiger partial charge in [0, 0.05) is 5.70 Å². The van der Waals surface area contributed by atoms with Crippen LogP contribution < -0.4 is 5.73 Å². The summed E-state index contributed by atoms with van der Waals surface area (Å²) >= 11 is 0. The monoisotopic (exact) mass is 139 g/mol. The summed E-state index contributed by atoms with van der Waals surface area (Å²) in [5.41, 5.74) is 7.90. The molecule has 0 radical (unpaired) electrons. The van der Waals surface area contributed by atoms with E-state index in [9.17, 15) is 0 Å². The number of hydrogen-bond donors (Lipinski definition) is 1. The molecule has 0 aliphatic heterocycles. The van der Waals surface area contributed by atoms with E-state index >= 15 is 0 Å². The fourth-order valence-electron chi connectivity index (χ4n) is 0.773. The van der Waals surface area contributed by atoms with Crippen LogP contribution in [-0.2, 0) is 0 Å². The lowest BCUT2D eigenvalue weighted by Crippen LogP contribution is -1.93. The summed E-state index contributed by atoms with van der Waals surface area (Å²) < 4.78 is 0. The molecule has 0 aliphatic carbocycles. The highest BCUT2D eigenvalue weighted by atomic mass is 14.5. The Morgan fingerprint density at radius 2 is 1.80 bits per heavy atom. The molecule has 0 aliphatic rings. The standard InChI is InChI=1S/C9H17N/c1-4-8(5-2)7-9(10)6-3/h6-7H,4-5,10H2,1-3H3. The lowest BCUT2D eigenvalue weighted by atomic mass is 10.1. The Kier molecular flexibility index (Phi) is 4.73. The van der Waals surface area contributed by atoms with E-state index in [1.54, 1.807) is 0 Å². The first-order valence-electron chi connectivity index (χ1n) is 3.85. The van der Waals surface area contributed by atoms with Crippen LogP contribution >= 0.6 is 0 Å². The molecule has 0 saturated heterocycles. The van der Waals surface area contributed by atoms with Gasteiger partial charge in [-0.3, -0.25) is 0 Å². The fourth-order valence-corrected chi connectivity index (χ4v) is 0.773. The molecule has 58 valence electrons. The van der Waals surface area contributed by atoms with Gasteiger partial charge < -0.3 is 5.73 Å². The summed E-state index contributed by atoms with van der Waals surface area (Å²) in [6, 6.07) is 0. The average Bonchev–Trinajstić information content (AvgIpc) is 1.99. The summed E-state index contributed by atoms with van der Waals surface area (Å²) in [5, 5.41) is 0. The average molecular weight is 139 g/mol. The minimum absolute atomic E-state index is 0.874. The van der Waals surface area contributed by atoms with Crippen LogP contribution in [0.1, 0.15) is 33.6 Å². The van der Waals surface area contributed by atoms with Gasteiger partial charge in [0.2, 0.25) is 0 Å². The molecule has 0 bridgehead atoms. The fraction of sp³-hybridized carbons (Fsp3) is 0.556. The Morgan fingerprint density at radius 1 is 1.30 bits per heavy atom. The van der Waals surface area contributed by atoms with Gasteiger partial charge in [-0.25, -0.2) is 0 Å². The van der Waals surface area contributed by atoms with Crippen LogP contribution in [-0.4, -0.2) is 0 Å². The molecule has 0 rings (SSSR count). The van der Waals surface area contributed by atoms with Crippen LogP contribution in [0.15, 0.2) is 23.4 Å². The Balaban J connectivity index is 4.10. The molecule has 1 nitrogen and oxygen atoms in total. The molecule has 0 atom stereocenters. The minimum atomic E-state index is 0.874. The van der Waals surface area contributed by atoms with Crippen LogP contribution in [0.2, 0.25) is 0 Å². The second kappa shape index (κ2) is 5.10. The number of rotatable bonds is 3. The van der Waals surface area contributed by atoms with Gasteiger partial charge in [0.25, 0.3) is 0 Å². The predicted octanol–water partition coefficient (Wildman–Crippen LogP) is 2.60. The zero-order chi connectivity index (χ0) is 7.98. The molecule has 0 spiro atoms. The highest BCUT2D eigenvalue weighted by Gasteiger charge is 1.88. The maximum atomic E-state index is 5.61. The molecule has 0 aromatic heterocycles. The summed E-state index contributed by atoms with van der Waals surface area (Å²) in [4.78, 5) is 0. The van der Waals surface area contributed by atoms with E-state index < -0.39 is 0 Å². The topological polar surface area (TPSA) is 26.0 Å². The molecule has 0 aromatic rings. The molecule has 0 aromatic carbocycles. The SMILES string of the molecule is CC=C(N)C=C(CC)CC. The molecular formula is C9H17N. The molecule has 0 fully saturated rings. The minimum Gasteiger partial charge on any atom is -0.399 e. The summed E-state index contributed by atoms with van der Waals surface area (Å²) in [5.74, 6) is 0. The van der Waals surface area contributed by atoms with E-state index in [0.29, 0.717) is 0 Å². The number of allylic oxidation sites excluding steroid dienone is 3. The van der Waals surface area contributed by atoms with Gasteiger partial charge in [-0.15, -0.1) is 0 Å². The second-order valence-electron chi connectivity index (χ2n) is 2.30. The quantitative estimate of drug-likeness (QED) is 0.597. The first-order chi connectivity index (χ1) is 4.74. The third kappa shape index (κ3) is 3.33. The third-order valence-electron chi connectivity index (χ3n) is 1.61. The largest absolute Gasteiger partial charge is 0.399 e. The van der Waals surface area contributed by atoms with Gasteiger partial charge in [0.15, 0.2) is 0 Å². The van der Waals surface area contributed by atoms with Gasteiger partial charge in [0.05, 0.1) is 0 Å². The molecule has 2 N–H and O–H groups in total. The zero-order valence-corrected chi connectivity index (χ0v) is 7.15. The first kappa shape index (κ1) is 9.28. The van der Waals surface area contributed by atoms with Crippen molar-refractivity contribution in [1.82, 2.24) is 0 Å². The normalized spacial score (nSPS) is 11.3. The highest BCUT2D eigenvalue weighted by Crippen LogP contribution is 2.06. The van der Waals surface area contributed by atoms with E-state index in [0.717, 1.165) is 18.5 Å². The summed E-state index contributed by atoms with van der Waals surface area (Å²) in [6.07, 6.45) is 6.18. The Bertz CT molecular complexity index is 137. The summed E-state index contributed by atoms with van der Waals surface area (Å²) in [7, 11) is 0. The molecular weight excluding hydrogens is 122 g/mol. The lowest BCUT2D eigenvalue weighted by molar-refractivity contribution is 0.972. The van der Waals surface area contributed by atoms with Crippen molar-refractivity contribution in [3.8, 4) is 0 Å². The van der Waals surface area contributed by atoms with Crippen molar-refractivity contribution in [2.24, 2.45) is 5.73 Å². The molecule has 1 heteroatoms. The van der Waals surface area contributed by atoms with Crippen molar-refractivity contribution >= 4 is 0 Å². The Hall–Kier alpha value is -0.720. The first-order valence-corrected chi connectivity index (χ1v) is 3.85. The van der Waals surface area contributed by atoms with Gasteiger partial charge in [-0.1, -0.05) is 25.5 Å². The van der Waals surface area contributed by atoms with E-state index in [2.05, 4.69) is 19.9 Å². The maximum Gasteiger partial charge on any atom is 0.0270 e. The number of hydrogen-bond acceptors (Lipinski definition) is 1. The molecule has 0 heterocycles. The zero-order valence-electron chi connectivity index (χ0n) is 7.15. The van der Waals surface area contributed by atoms with Gasteiger partial charge in [-0.2, -0.15) is 0 Å². The van der Waals surface area contributed by atoms with Crippen LogP contribution in [0.25, 0.3) is 0 Å². The van der Waals surface area contributed by atoms with Crippen molar-refractivity contribution in [3.05, 3.63) is 23.4 Å². The smallest absolute Gasteiger partial charge is 0.0270 e. The lowest BCUT2D eigenvalue weighted by Gasteiger charge is -1.98. The molecule has 10 heavy (non-hydrogen) atoms. The molecule has 0 unspecified atom stereocenters. The van der Waals surface area contributed by atoms with Gasteiger partial charge >= 0.3 is 0 Å². The van der Waals surface area contributed by atoms with Crippen molar-refractivity contribution < 1.29 is 0 Å². The van der Waals surface area contributed by atoms with Crippen LogP contribution in [0.3, 0.4) is 0 Å². The van der Waals surface area contributed by atoms with Crippen molar-refractivity contribution in [1.29, 1.82) is 0 Å². The third-order valence-corrected chi connectivity index (χ3v) is 1.61. The van der Waals surface area contributed by atoms with Crippen LogP contribution in [0.5, 0.6) is 0 Å². The van der Waals surface area contributed by atoms with Crippen LogP contribution in [0, 0.1) is 0 Å².